The second kappa shape index (κ2) is 6.64. The lowest BCUT2D eigenvalue weighted by Crippen LogP contribution is -2.49. The van der Waals surface area contributed by atoms with E-state index in [4.69, 9.17) is 4.74 Å². The molecule has 2 fully saturated rings. The zero-order valence-corrected chi connectivity index (χ0v) is 12.8. The van der Waals surface area contributed by atoms with Gasteiger partial charge in [-0.1, -0.05) is 10.6 Å². The number of carbonyl (C=O) groups excluding carboxylic acids is 1. The first-order valence-corrected chi connectivity index (χ1v) is 8.12. The van der Waals surface area contributed by atoms with Gasteiger partial charge in [-0.2, -0.15) is 0 Å². The van der Waals surface area contributed by atoms with Crippen LogP contribution in [0.1, 0.15) is 16.9 Å². The van der Waals surface area contributed by atoms with Gasteiger partial charge in [0.1, 0.15) is 0 Å². The molecule has 0 N–H and O–H groups in total. The second-order valence-electron chi connectivity index (χ2n) is 5.55. The number of rotatable bonds is 3. The summed E-state index contributed by atoms with van der Waals surface area (Å²) in [5, 5.41) is 5.57. The molecule has 3 heterocycles. The van der Waals surface area contributed by atoms with Gasteiger partial charge in [0.2, 0.25) is 0 Å². The van der Waals surface area contributed by atoms with Crippen LogP contribution in [0.5, 0.6) is 0 Å². The quantitative estimate of drug-likeness (QED) is 0.776. The number of hydrogen-bond donors (Lipinski definition) is 0. The summed E-state index contributed by atoms with van der Waals surface area (Å²) in [7, 11) is 0. The first kappa shape index (κ1) is 14.6. The lowest BCUT2D eigenvalue weighted by Gasteiger charge is -2.37. The van der Waals surface area contributed by atoms with Crippen molar-refractivity contribution in [2.45, 2.75) is 12.5 Å². The van der Waals surface area contributed by atoms with Crippen LogP contribution < -0.4 is 0 Å². The number of fused-ring (bicyclic) bond motifs is 1. The van der Waals surface area contributed by atoms with E-state index in [9.17, 15) is 4.79 Å². The summed E-state index contributed by atoms with van der Waals surface area (Å²) in [5.74, 6) is 0.461. The largest absolute Gasteiger partial charge is 0.375 e. The molecule has 114 valence electrons. The lowest BCUT2D eigenvalue weighted by molar-refractivity contribution is -0.0172. The van der Waals surface area contributed by atoms with Crippen LogP contribution in [-0.2, 0) is 4.74 Å². The Kier molecular flexibility index (Phi) is 4.62. The molecule has 2 aliphatic rings. The summed E-state index contributed by atoms with van der Waals surface area (Å²) in [4.78, 5) is 16.6. The minimum absolute atomic E-state index is 0.0296. The third kappa shape index (κ3) is 3.30. The molecule has 2 atom stereocenters. The van der Waals surface area contributed by atoms with E-state index < -0.39 is 0 Å². The molecule has 2 aliphatic heterocycles. The number of hydrogen-bond acceptors (Lipinski definition) is 6. The summed E-state index contributed by atoms with van der Waals surface area (Å²) in [6, 6.07) is 0. The molecule has 3 rings (SSSR count). The first-order chi connectivity index (χ1) is 10.3. The van der Waals surface area contributed by atoms with Crippen molar-refractivity contribution in [3.8, 4) is 0 Å². The van der Waals surface area contributed by atoms with Crippen LogP contribution in [0.3, 0.4) is 0 Å². The zero-order chi connectivity index (χ0) is 14.7. The highest BCUT2D eigenvalue weighted by Crippen LogP contribution is 2.25. The van der Waals surface area contributed by atoms with Crippen LogP contribution in [0.25, 0.3) is 0 Å². The van der Waals surface area contributed by atoms with Crippen LogP contribution in [0.2, 0.25) is 0 Å². The van der Waals surface area contributed by atoms with Crippen molar-refractivity contribution in [1.29, 1.82) is 0 Å². The Morgan fingerprint density at radius 1 is 1.52 bits per heavy atom. The van der Waals surface area contributed by atoms with Gasteiger partial charge < -0.3 is 9.64 Å². The van der Waals surface area contributed by atoms with Crippen LogP contribution in [0.15, 0.2) is 18.0 Å². The normalized spacial score (nSPS) is 27.0. The summed E-state index contributed by atoms with van der Waals surface area (Å²) >= 11 is 1.21. The standard InChI is InChI=1S/C14H20N4O2S/c1-2-4-17-6-7-20-13-9-18(5-3-11(13)8-17)14(19)12-10-21-16-15-12/h2,10-11,13H,1,3-9H2. The van der Waals surface area contributed by atoms with Crippen molar-refractivity contribution in [3.63, 3.8) is 0 Å². The van der Waals surface area contributed by atoms with Crippen molar-refractivity contribution in [2.75, 3.05) is 39.3 Å². The van der Waals surface area contributed by atoms with E-state index in [2.05, 4.69) is 21.1 Å². The fourth-order valence-electron chi connectivity index (χ4n) is 3.07. The van der Waals surface area contributed by atoms with Gasteiger partial charge in [0, 0.05) is 44.0 Å². The second-order valence-corrected chi connectivity index (χ2v) is 6.16. The Hall–Kier alpha value is -1.31. The van der Waals surface area contributed by atoms with Gasteiger partial charge in [-0.05, 0) is 18.0 Å². The lowest BCUT2D eigenvalue weighted by atomic mass is 9.93. The molecular formula is C14H20N4O2S. The molecule has 7 heteroatoms. The molecule has 0 spiro atoms. The molecule has 1 amide bonds. The van der Waals surface area contributed by atoms with Crippen molar-refractivity contribution >= 4 is 17.4 Å². The SMILES string of the molecule is C=CCN1CCOC2CN(C(=O)c3csnn3)CCC2C1. The van der Waals surface area contributed by atoms with Crippen LogP contribution in [-0.4, -0.2) is 70.7 Å². The number of aromatic nitrogens is 2. The maximum Gasteiger partial charge on any atom is 0.275 e. The highest BCUT2D eigenvalue weighted by molar-refractivity contribution is 7.03. The van der Waals surface area contributed by atoms with Gasteiger partial charge in [-0.15, -0.1) is 11.7 Å². The topological polar surface area (TPSA) is 58.6 Å². The molecule has 6 nitrogen and oxygen atoms in total. The van der Waals surface area contributed by atoms with Crippen molar-refractivity contribution < 1.29 is 9.53 Å². The molecule has 21 heavy (non-hydrogen) atoms. The number of likely N-dealkylation sites (tertiary alicyclic amines) is 1. The molecule has 2 unspecified atom stereocenters. The Balaban J connectivity index is 1.63. The first-order valence-electron chi connectivity index (χ1n) is 7.29. The molecular weight excluding hydrogens is 288 g/mol. The minimum atomic E-state index is -0.0296. The molecule has 1 aromatic heterocycles. The van der Waals surface area contributed by atoms with Crippen molar-refractivity contribution in [1.82, 2.24) is 19.4 Å². The van der Waals surface area contributed by atoms with Crippen LogP contribution in [0.4, 0.5) is 0 Å². The van der Waals surface area contributed by atoms with E-state index in [0.29, 0.717) is 18.2 Å². The maximum absolute atomic E-state index is 12.3. The maximum atomic E-state index is 12.3. The van der Waals surface area contributed by atoms with E-state index in [1.165, 1.54) is 11.5 Å². The summed E-state index contributed by atoms with van der Waals surface area (Å²) in [5.41, 5.74) is 0.445. The predicted molar refractivity (Wildman–Crippen MR) is 80.3 cm³/mol. The smallest absolute Gasteiger partial charge is 0.275 e. The molecule has 0 bridgehead atoms. The number of nitrogens with zero attached hydrogens (tertiary/aromatic N) is 4. The average Bonchev–Trinajstić information content (AvgIpc) is 2.95. The third-order valence-electron chi connectivity index (χ3n) is 4.18. The molecule has 0 aliphatic carbocycles. The van der Waals surface area contributed by atoms with E-state index in [-0.39, 0.29) is 12.0 Å². The molecule has 1 aromatic rings. The number of amides is 1. The average molecular weight is 308 g/mol. The summed E-state index contributed by atoms with van der Waals surface area (Å²) < 4.78 is 9.74. The number of ether oxygens (including phenoxy) is 1. The van der Waals surface area contributed by atoms with Gasteiger partial charge in [0.15, 0.2) is 5.69 Å². The zero-order valence-electron chi connectivity index (χ0n) is 12.0. The highest BCUT2D eigenvalue weighted by atomic mass is 32.1. The summed E-state index contributed by atoms with van der Waals surface area (Å²) in [6.07, 6.45) is 3.04. The Bertz CT molecular complexity index is 493. The van der Waals surface area contributed by atoms with Gasteiger partial charge in [0.25, 0.3) is 5.91 Å². The third-order valence-corrected chi connectivity index (χ3v) is 4.69. The Morgan fingerprint density at radius 3 is 3.19 bits per heavy atom. The molecule has 0 radical (unpaired) electrons. The van der Waals surface area contributed by atoms with Crippen LogP contribution in [0, 0.1) is 5.92 Å². The van der Waals surface area contributed by atoms with E-state index in [1.807, 2.05) is 11.0 Å². The van der Waals surface area contributed by atoms with Gasteiger partial charge in [0.05, 0.1) is 12.7 Å². The fraction of sp³-hybridized carbons (Fsp3) is 0.643. The monoisotopic (exact) mass is 308 g/mol. The van der Waals surface area contributed by atoms with Gasteiger partial charge in [-0.3, -0.25) is 9.69 Å². The van der Waals surface area contributed by atoms with Crippen LogP contribution >= 0.6 is 11.5 Å². The minimum Gasteiger partial charge on any atom is -0.375 e. The van der Waals surface area contributed by atoms with Gasteiger partial charge in [-0.25, -0.2) is 0 Å². The summed E-state index contributed by atoms with van der Waals surface area (Å²) in [6.45, 7) is 8.81. The predicted octanol–water partition coefficient (Wildman–Crippen LogP) is 0.887. The number of piperidine rings is 1. The van der Waals surface area contributed by atoms with Crippen molar-refractivity contribution in [2.24, 2.45) is 5.92 Å². The van der Waals surface area contributed by atoms with Gasteiger partial charge >= 0.3 is 0 Å². The Labute approximate surface area is 128 Å². The fourth-order valence-corrected chi connectivity index (χ4v) is 3.50. The van der Waals surface area contributed by atoms with E-state index in [0.717, 1.165) is 39.2 Å². The molecule has 2 saturated heterocycles. The van der Waals surface area contributed by atoms with E-state index in [1.54, 1.807) is 5.38 Å². The molecule has 0 aromatic carbocycles. The van der Waals surface area contributed by atoms with E-state index >= 15 is 0 Å². The molecule has 0 saturated carbocycles. The Morgan fingerprint density at radius 2 is 2.43 bits per heavy atom. The number of carbonyl (C=O) groups is 1. The van der Waals surface area contributed by atoms with Crippen molar-refractivity contribution in [3.05, 3.63) is 23.7 Å². The highest BCUT2D eigenvalue weighted by Gasteiger charge is 2.35.